The molecule has 1 saturated heterocycles. The predicted octanol–water partition coefficient (Wildman–Crippen LogP) is -0.633. The Bertz CT molecular complexity index is 191. The van der Waals surface area contributed by atoms with Crippen molar-refractivity contribution < 1.29 is 4.79 Å². The third-order valence-corrected chi connectivity index (χ3v) is 2.26. The molecule has 1 N–H and O–H groups in total. The van der Waals surface area contributed by atoms with Crippen LogP contribution in [0.15, 0.2) is 0 Å². The number of rotatable bonds is 2. The maximum atomic E-state index is 11.6. The molecular weight excluding hydrogens is 166 g/mol. The lowest BCUT2D eigenvalue weighted by molar-refractivity contribution is -0.135. The van der Waals surface area contributed by atoms with Crippen LogP contribution in [-0.2, 0) is 4.79 Å². The van der Waals surface area contributed by atoms with Gasteiger partial charge >= 0.3 is 0 Å². The van der Waals surface area contributed by atoms with Crippen molar-refractivity contribution in [3.05, 3.63) is 0 Å². The van der Waals surface area contributed by atoms with Gasteiger partial charge in [-0.15, -0.1) is 0 Å². The van der Waals surface area contributed by atoms with Crippen molar-refractivity contribution in [2.24, 2.45) is 0 Å². The van der Waals surface area contributed by atoms with Crippen LogP contribution >= 0.6 is 0 Å². The van der Waals surface area contributed by atoms with Crippen LogP contribution in [0.5, 0.6) is 0 Å². The minimum absolute atomic E-state index is 0.0382. The normalized spacial score (nSPS) is 29.9. The van der Waals surface area contributed by atoms with Gasteiger partial charge in [0.1, 0.15) is 0 Å². The third kappa shape index (κ3) is 2.67. The Kier molecular flexibility index (Phi) is 3.27. The van der Waals surface area contributed by atoms with Gasteiger partial charge in [-0.3, -0.25) is 4.79 Å². The SMILES string of the molecule is CC1CN(C)C(=O)C(CN(C)C)N1. The van der Waals surface area contributed by atoms with Crippen molar-refractivity contribution in [2.45, 2.75) is 19.0 Å². The molecule has 1 heterocycles. The van der Waals surface area contributed by atoms with Crippen LogP contribution in [0.4, 0.5) is 0 Å². The highest BCUT2D eigenvalue weighted by Gasteiger charge is 2.29. The standard InChI is InChI=1S/C9H19N3O/c1-7-5-12(4)9(13)8(10-7)6-11(2)3/h7-8,10H,5-6H2,1-4H3. The van der Waals surface area contributed by atoms with Crippen LogP contribution < -0.4 is 5.32 Å². The summed E-state index contributed by atoms with van der Waals surface area (Å²) in [6.07, 6.45) is 0. The summed E-state index contributed by atoms with van der Waals surface area (Å²) in [5.74, 6) is 0.201. The monoisotopic (exact) mass is 185 g/mol. The fourth-order valence-electron chi connectivity index (χ4n) is 1.73. The van der Waals surface area contributed by atoms with Crippen molar-refractivity contribution in [2.75, 3.05) is 34.2 Å². The molecule has 0 aliphatic carbocycles. The molecule has 76 valence electrons. The molecule has 0 aromatic rings. The van der Waals surface area contributed by atoms with Crippen LogP contribution in [0.2, 0.25) is 0 Å². The van der Waals surface area contributed by atoms with Gasteiger partial charge in [0.2, 0.25) is 5.91 Å². The fourth-order valence-corrected chi connectivity index (χ4v) is 1.73. The van der Waals surface area contributed by atoms with Crippen LogP contribution in [0.25, 0.3) is 0 Å². The van der Waals surface area contributed by atoms with Crippen molar-refractivity contribution >= 4 is 5.91 Å². The Labute approximate surface area is 79.9 Å². The summed E-state index contributed by atoms with van der Waals surface area (Å²) >= 11 is 0. The van der Waals surface area contributed by atoms with E-state index in [4.69, 9.17) is 0 Å². The number of nitrogens with one attached hydrogen (secondary N) is 1. The van der Waals surface area contributed by atoms with Crippen molar-refractivity contribution in [3.8, 4) is 0 Å². The van der Waals surface area contributed by atoms with E-state index in [9.17, 15) is 4.79 Å². The van der Waals surface area contributed by atoms with Crippen molar-refractivity contribution in [3.63, 3.8) is 0 Å². The van der Waals surface area contributed by atoms with Crippen LogP contribution in [0, 0.1) is 0 Å². The van der Waals surface area contributed by atoms with Crippen LogP contribution in [0.3, 0.4) is 0 Å². The van der Waals surface area contributed by atoms with Crippen LogP contribution in [0.1, 0.15) is 6.92 Å². The molecule has 0 saturated carbocycles. The van der Waals surface area contributed by atoms with Gasteiger partial charge in [0.15, 0.2) is 0 Å². The molecule has 2 atom stereocenters. The minimum Gasteiger partial charge on any atom is -0.343 e. The Morgan fingerprint density at radius 3 is 2.77 bits per heavy atom. The maximum absolute atomic E-state index is 11.6. The molecular formula is C9H19N3O. The molecule has 4 nitrogen and oxygen atoms in total. The number of carbonyl (C=O) groups excluding carboxylic acids is 1. The van der Waals surface area contributed by atoms with Gasteiger partial charge < -0.3 is 15.1 Å². The van der Waals surface area contributed by atoms with E-state index in [1.165, 1.54) is 0 Å². The van der Waals surface area contributed by atoms with E-state index < -0.39 is 0 Å². The highest BCUT2D eigenvalue weighted by Crippen LogP contribution is 2.04. The number of nitrogens with zero attached hydrogens (tertiary/aromatic N) is 2. The van der Waals surface area contributed by atoms with Gasteiger partial charge in [0, 0.05) is 26.2 Å². The average molecular weight is 185 g/mol. The van der Waals surface area contributed by atoms with E-state index in [2.05, 4.69) is 12.2 Å². The summed E-state index contributed by atoms with van der Waals surface area (Å²) in [6, 6.07) is 0.358. The van der Waals surface area contributed by atoms with Crippen LogP contribution in [-0.4, -0.2) is 62.0 Å². The van der Waals surface area contributed by atoms with Gasteiger partial charge in [0.25, 0.3) is 0 Å². The van der Waals surface area contributed by atoms with E-state index in [0.717, 1.165) is 13.1 Å². The summed E-state index contributed by atoms with van der Waals surface area (Å²) in [7, 11) is 5.82. The molecule has 0 aromatic carbocycles. The molecule has 2 unspecified atom stereocenters. The second-order valence-corrected chi connectivity index (χ2v) is 4.10. The van der Waals surface area contributed by atoms with Gasteiger partial charge in [0.05, 0.1) is 6.04 Å². The molecule has 1 aliphatic rings. The zero-order chi connectivity index (χ0) is 10.0. The smallest absolute Gasteiger partial charge is 0.240 e. The fraction of sp³-hybridized carbons (Fsp3) is 0.889. The Morgan fingerprint density at radius 2 is 2.23 bits per heavy atom. The summed E-state index contributed by atoms with van der Waals surface area (Å²) in [5, 5.41) is 3.29. The second-order valence-electron chi connectivity index (χ2n) is 4.10. The molecule has 1 rings (SSSR count). The number of hydrogen-bond acceptors (Lipinski definition) is 3. The Balaban J connectivity index is 2.56. The summed E-state index contributed by atoms with van der Waals surface area (Å²) in [5.41, 5.74) is 0. The Morgan fingerprint density at radius 1 is 1.62 bits per heavy atom. The lowest BCUT2D eigenvalue weighted by Crippen LogP contribution is -2.60. The lowest BCUT2D eigenvalue weighted by atomic mass is 10.1. The zero-order valence-electron chi connectivity index (χ0n) is 8.87. The molecule has 13 heavy (non-hydrogen) atoms. The first kappa shape index (κ1) is 10.5. The number of likely N-dealkylation sites (N-methyl/N-ethyl adjacent to an activating group) is 2. The van der Waals surface area contributed by atoms with Crippen molar-refractivity contribution in [1.29, 1.82) is 0 Å². The van der Waals surface area contributed by atoms with E-state index >= 15 is 0 Å². The average Bonchev–Trinajstić information content (AvgIpc) is 1.98. The van der Waals surface area contributed by atoms with Crippen molar-refractivity contribution in [1.82, 2.24) is 15.1 Å². The van der Waals surface area contributed by atoms with Gasteiger partial charge in [-0.1, -0.05) is 0 Å². The number of carbonyl (C=O) groups is 1. The second kappa shape index (κ2) is 4.07. The molecule has 0 aromatic heterocycles. The van der Waals surface area contributed by atoms with E-state index in [0.29, 0.717) is 6.04 Å². The van der Waals surface area contributed by atoms with Gasteiger partial charge in [-0.2, -0.15) is 0 Å². The maximum Gasteiger partial charge on any atom is 0.240 e. The summed E-state index contributed by atoms with van der Waals surface area (Å²) in [4.78, 5) is 15.5. The topological polar surface area (TPSA) is 35.6 Å². The molecule has 0 radical (unpaired) electrons. The van der Waals surface area contributed by atoms with Gasteiger partial charge in [-0.25, -0.2) is 0 Å². The molecule has 1 amide bonds. The quantitative estimate of drug-likeness (QED) is 0.622. The van der Waals surface area contributed by atoms with E-state index in [1.54, 1.807) is 4.90 Å². The van der Waals surface area contributed by atoms with E-state index in [-0.39, 0.29) is 11.9 Å². The van der Waals surface area contributed by atoms with Gasteiger partial charge in [-0.05, 0) is 21.0 Å². The molecule has 0 bridgehead atoms. The number of amides is 1. The zero-order valence-corrected chi connectivity index (χ0v) is 8.87. The largest absolute Gasteiger partial charge is 0.343 e. The molecule has 1 fully saturated rings. The highest BCUT2D eigenvalue weighted by atomic mass is 16.2. The molecule has 4 heteroatoms. The first-order valence-electron chi connectivity index (χ1n) is 4.66. The first-order chi connectivity index (χ1) is 6.00. The predicted molar refractivity (Wildman–Crippen MR) is 52.6 cm³/mol. The minimum atomic E-state index is -0.0382. The molecule has 1 aliphatic heterocycles. The number of hydrogen-bond donors (Lipinski definition) is 1. The highest BCUT2D eigenvalue weighted by molar-refractivity contribution is 5.82. The summed E-state index contributed by atoms with van der Waals surface area (Å²) < 4.78 is 0. The Hall–Kier alpha value is -0.610. The first-order valence-corrected chi connectivity index (χ1v) is 4.66. The molecule has 0 spiro atoms. The number of piperazine rings is 1. The summed E-state index contributed by atoms with van der Waals surface area (Å²) in [6.45, 7) is 3.68. The van der Waals surface area contributed by atoms with E-state index in [1.807, 2.05) is 26.0 Å². The lowest BCUT2D eigenvalue weighted by Gasteiger charge is -2.35. The third-order valence-electron chi connectivity index (χ3n) is 2.26.